The molecule has 0 aromatic heterocycles. The van der Waals surface area contributed by atoms with Gasteiger partial charge in [0.05, 0.1) is 12.5 Å². The van der Waals surface area contributed by atoms with E-state index < -0.39 is 20.2 Å². The van der Waals surface area contributed by atoms with Crippen molar-refractivity contribution in [2.45, 2.75) is 6.92 Å². The lowest BCUT2D eigenvalue weighted by atomic mass is 10.2. The molecule has 96 valence electrons. The van der Waals surface area contributed by atoms with Crippen molar-refractivity contribution in [2.24, 2.45) is 0 Å². The Morgan fingerprint density at radius 2 is 1.24 bits per heavy atom. The maximum atomic E-state index is 11.0. The molecule has 0 atom stereocenters. The molecule has 0 bridgehead atoms. The summed E-state index contributed by atoms with van der Waals surface area (Å²) in [5.74, 6) is 0.0716. The van der Waals surface area contributed by atoms with Crippen molar-refractivity contribution >= 4 is 20.2 Å². The van der Waals surface area contributed by atoms with Crippen LogP contribution in [0.4, 0.5) is 0 Å². The Bertz CT molecular complexity index is 563. The largest absolute Gasteiger partial charge is 0.382 e. The molecule has 0 unspecified atom stereocenters. The number of rotatable bonds is 4. The van der Waals surface area contributed by atoms with Gasteiger partial charge in [-0.15, -0.1) is 0 Å². The van der Waals surface area contributed by atoms with E-state index in [0.717, 1.165) is 12.5 Å². The van der Waals surface area contributed by atoms with Crippen LogP contribution in [0.15, 0.2) is 18.2 Å². The van der Waals surface area contributed by atoms with Gasteiger partial charge in [-0.3, -0.25) is 0 Å². The Kier molecular flexibility index (Phi) is 3.68. The second kappa shape index (κ2) is 4.53. The molecule has 0 aliphatic heterocycles. The van der Waals surface area contributed by atoms with E-state index in [0.29, 0.717) is 5.56 Å². The molecule has 0 amide bonds. The van der Waals surface area contributed by atoms with Gasteiger partial charge in [-0.25, -0.2) is 0 Å². The quantitative estimate of drug-likeness (QED) is 0.753. The van der Waals surface area contributed by atoms with E-state index in [2.05, 4.69) is 8.37 Å². The van der Waals surface area contributed by atoms with Crippen molar-refractivity contribution in [2.75, 3.05) is 12.5 Å². The molecule has 1 aromatic carbocycles. The first kappa shape index (κ1) is 13.8. The SMILES string of the molecule is Cc1c(OS(C)(=O)=O)cccc1OS(C)(=O)=O. The van der Waals surface area contributed by atoms with E-state index in [9.17, 15) is 16.8 Å². The molecule has 6 nitrogen and oxygen atoms in total. The van der Waals surface area contributed by atoms with Crippen molar-refractivity contribution in [1.82, 2.24) is 0 Å². The summed E-state index contributed by atoms with van der Waals surface area (Å²) >= 11 is 0. The third kappa shape index (κ3) is 4.61. The molecule has 0 spiro atoms. The zero-order chi connectivity index (χ0) is 13.3. The minimum Gasteiger partial charge on any atom is -0.382 e. The Balaban J connectivity index is 3.16. The van der Waals surface area contributed by atoms with Gasteiger partial charge < -0.3 is 8.37 Å². The van der Waals surface area contributed by atoms with Crippen LogP contribution in [-0.4, -0.2) is 29.3 Å². The zero-order valence-corrected chi connectivity index (χ0v) is 11.1. The average Bonchev–Trinajstić information content (AvgIpc) is 2.07. The highest BCUT2D eigenvalue weighted by atomic mass is 32.2. The van der Waals surface area contributed by atoms with Crippen LogP contribution in [0.25, 0.3) is 0 Å². The predicted octanol–water partition coefficient (Wildman–Crippen LogP) is 0.672. The van der Waals surface area contributed by atoms with Crippen LogP contribution in [0.5, 0.6) is 11.5 Å². The van der Waals surface area contributed by atoms with Crippen molar-refractivity contribution in [3.63, 3.8) is 0 Å². The average molecular weight is 280 g/mol. The second-order valence-electron chi connectivity index (χ2n) is 3.45. The molecule has 8 heteroatoms. The van der Waals surface area contributed by atoms with Crippen LogP contribution in [0, 0.1) is 6.92 Å². The summed E-state index contributed by atoms with van der Waals surface area (Å²) in [7, 11) is -7.33. The van der Waals surface area contributed by atoms with Crippen LogP contribution in [0.3, 0.4) is 0 Å². The van der Waals surface area contributed by atoms with Gasteiger partial charge in [0.15, 0.2) is 0 Å². The van der Waals surface area contributed by atoms with Crippen LogP contribution in [-0.2, 0) is 20.2 Å². The lowest BCUT2D eigenvalue weighted by molar-refractivity contribution is 0.479. The van der Waals surface area contributed by atoms with E-state index in [1.165, 1.54) is 25.1 Å². The van der Waals surface area contributed by atoms with Crippen molar-refractivity contribution < 1.29 is 25.2 Å². The van der Waals surface area contributed by atoms with E-state index in [1.807, 2.05) is 0 Å². The highest BCUT2D eigenvalue weighted by Crippen LogP contribution is 2.28. The molecule has 0 fully saturated rings. The standard InChI is InChI=1S/C9H12O6S2/c1-7-8(14-16(2,10)11)5-4-6-9(7)15-17(3,12)13/h4-6H,1-3H3. The van der Waals surface area contributed by atoms with Crippen LogP contribution in [0.1, 0.15) is 5.56 Å². The summed E-state index contributed by atoms with van der Waals surface area (Å²) in [5.41, 5.74) is 0.295. The van der Waals surface area contributed by atoms with E-state index in [1.54, 1.807) is 0 Å². The van der Waals surface area contributed by atoms with Gasteiger partial charge in [0.2, 0.25) is 0 Å². The lowest BCUT2D eigenvalue weighted by Gasteiger charge is -2.10. The van der Waals surface area contributed by atoms with E-state index in [-0.39, 0.29) is 11.5 Å². The molecule has 0 N–H and O–H groups in total. The number of benzene rings is 1. The van der Waals surface area contributed by atoms with Crippen LogP contribution >= 0.6 is 0 Å². The molecule has 17 heavy (non-hydrogen) atoms. The molecular formula is C9H12O6S2. The number of hydrogen-bond acceptors (Lipinski definition) is 6. The summed E-state index contributed by atoms with van der Waals surface area (Å²) in [6.07, 6.45) is 1.80. The molecule has 0 radical (unpaired) electrons. The first-order valence-corrected chi connectivity index (χ1v) is 8.10. The van der Waals surface area contributed by atoms with E-state index >= 15 is 0 Å². The third-order valence-corrected chi connectivity index (χ3v) is 2.68. The van der Waals surface area contributed by atoms with Crippen molar-refractivity contribution in [3.05, 3.63) is 23.8 Å². The third-order valence-electron chi connectivity index (χ3n) is 1.72. The minimum absolute atomic E-state index is 0.0358. The van der Waals surface area contributed by atoms with Gasteiger partial charge in [-0.2, -0.15) is 16.8 Å². The van der Waals surface area contributed by atoms with Crippen LogP contribution in [0.2, 0.25) is 0 Å². The molecule has 0 saturated heterocycles. The molecular weight excluding hydrogens is 268 g/mol. The number of hydrogen-bond donors (Lipinski definition) is 0. The normalized spacial score (nSPS) is 12.2. The monoisotopic (exact) mass is 280 g/mol. The summed E-state index contributed by atoms with van der Waals surface area (Å²) in [6, 6.07) is 4.26. The van der Waals surface area contributed by atoms with Crippen molar-refractivity contribution in [3.8, 4) is 11.5 Å². The Morgan fingerprint density at radius 3 is 1.53 bits per heavy atom. The fourth-order valence-corrected chi connectivity index (χ4v) is 2.11. The highest BCUT2D eigenvalue weighted by Gasteiger charge is 2.13. The topological polar surface area (TPSA) is 86.7 Å². The Morgan fingerprint density at radius 1 is 0.882 bits per heavy atom. The summed E-state index contributed by atoms with van der Waals surface area (Å²) in [4.78, 5) is 0. The lowest BCUT2D eigenvalue weighted by Crippen LogP contribution is -2.09. The van der Waals surface area contributed by atoms with E-state index in [4.69, 9.17) is 0 Å². The maximum Gasteiger partial charge on any atom is 0.306 e. The van der Waals surface area contributed by atoms with Gasteiger partial charge in [-0.05, 0) is 19.1 Å². The Hall–Kier alpha value is -1.28. The van der Waals surface area contributed by atoms with Gasteiger partial charge in [0.1, 0.15) is 11.5 Å². The fraction of sp³-hybridized carbons (Fsp3) is 0.333. The molecule has 0 aliphatic rings. The summed E-state index contributed by atoms with van der Waals surface area (Å²) in [6.45, 7) is 1.50. The smallest absolute Gasteiger partial charge is 0.306 e. The molecule has 1 rings (SSSR count). The van der Waals surface area contributed by atoms with Crippen LogP contribution < -0.4 is 8.37 Å². The minimum atomic E-state index is -3.67. The summed E-state index contributed by atoms with van der Waals surface area (Å²) in [5, 5.41) is 0. The zero-order valence-electron chi connectivity index (χ0n) is 9.50. The maximum absolute atomic E-state index is 11.0. The highest BCUT2D eigenvalue weighted by molar-refractivity contribution is 7.86. The van der Waals surface area contributed by atoms with Gasteiger partial charge in [0.25, 0.3) is 0 Å². The predicted molar refractivity (Wildman–Crippen MR) is 62.1 cm³/mol. The second-order valence-corrected chi connectivity index (χ2v) is 6.60. The molecule has 1 aromatic rings. The first-order valence-electron chi connectivity index (χ1n) is 4.47. The van der Waals surface area contributed by atoms with Gasteiger partial charge in [0, 0.05) is 5.56 Å². The molecule has 0 aliphatic carbocycles. The molecule has 0 saturated carbocycles. The summed E-state index contributed by atoms with van der Waals surface area (Å²) < 4.78 is 53.2. The fourth-order valence-electron chi connectivity index (χ4n) is 1.10. The molecule has 0 heterocycles. The van der Waals surface area contributed by atoms with Gasteiger partial charge in [-0.1, -0.05) is 6.07 Å². The van der Waals surface area contributed by atoms with Gasteiger partial charge >= 0.3 is 20.2 Å². The first-order chi connectivity index (χ1) is 7.58. The Labute approximate surface area is 100 Å². The van der Waals surface area contributed by atoms with Crippen molar-refractivity contribution in [1.29, 1.82) is 0 Å².